The number of nitriles is 1. The summed E-state index contributed by atoms with van der Waals surface area (Å²) in [4.78, 5) is 8.58. The van der Waals surface area contributed by atoms with E-state index >= 15 is 0 Å². The van der Waals surface area contributed by atoms with Crippen molar-refractivity contribution in [1.29, 1.82) is 5.26 Å². The van der Waals surface area contributed by atoms with E-state index in [1.807, 2.05) is 24.3 Å². The van der Waals surface area contributed by atoms with Gasteiger partial charge in [-0.3, -0.25) is 4.98 Å². The summed E-state index contributed by atoms with van der Waals surface area (Å²) in [5.41, 5.74) is 1.93. The summed E-state index contributed by atoms with van der Waals surface area (Å²) in [5.74, 6) is 1.46. The summed E-state index contributed by atoms with van der Waals surface area (Å²) in [5, 5.41) is 15.0. The molecule has 0 atom stereocenters. The molecule has 0 aliphatic heterocycles. The smallest absolute Gasteiger partial charge is 0.151 e. The van der Waals surface area contributed by atoms with Gasteiger partial charge in [0.25, 0.3) is 0 Å². The molecule has 1 aromatic carbocycles. The third-order valence-electron chi connectivity index (χ3n) is 2.70. The molecule has 2 aromatic rings. The van der Waals surface area contributed by atoms with Crippen LogP contribution in [-0.2, 0) is 6.42 Å². The van der Waals surface area contributed by atoms with Crippen LogP contribution in [0.5, 0.6) is 0 Å². The lowest BCUT2D eigenvalue weighted by molar-refractivity contribution is 0.965. The van der Waals surface area contributed by atoms with Crippen molar-refractivity contribution in [1.82, 2.24) is 9.97 Å². The van der Waals surface area contributed by atoms with Gasteiger partial charge in [-0.2, -0.15) is 5.26 Å². The first-order valence-electron chi connectivity index (χ1n) is 6.60. The monoisotopic (exact) mass is 267 g/mol. The van der Waals surface area contributed by atoms with E-state index in [0.29, 0.717) is 12.2 Å². The second kappa shape index (κ2) is 7.10. The third kappa shape index (κ3) is 3.95. The van der Waals surface area contributed by atoms with Gasteiger partial charge in [0.05, 0.1) is 24.9 Å². The van der Waals surface area contributed by atoms with Gasteiger partial charge >= 0.3 is 0 Å². The van der Waals surface area contributed by atoms with Gasteiger partial charge in [0.1, 0.15) is 5.82 Å². The molecule has 0 saturated heterocycles. The van der Waals surface area contributed by atoms with E-state index in [-0.39, 0.29) is 0 Å². The molecular weight excluding hydrogens is 250 g/mol. The molecule has 0 unspecified atom stereocenters. The summed E-state index contributed by atoms with van der Waals surface area (Å²) >= 11 is 0. The highest BCUT2D eigenvalue weighted by Gasteiger charge is 1.99. The van der Waals surface area contributed by atoms with Crippen LogP contribution in [-0.4, -0.2) is 16.5 Å². The molecule has 0 fully saturated rings. The SMILES string of the molecule is CCCNc1cncc(Nc2ccc(CC#N)cc2)n1. The minimum atomic E-state index is 0.427. The molecule has 2 rings (SSSR count). The van der Waals surface area contributed by atoms with Crippen LogP contribution in [0.1, 0.15) is 18.9 Å². The largest absolute Gasteiger partial charge is 0.369 e. The molecule has 5 heteroatoms. The predicted molar refractivity (Wildman–Crippen MR) is 79.9 cm³/mol. The van der Waals surface area contributed by atoms with Gasteiger partial charge in [-0.15, -0.1) is 0 Å². The fourth-order valence-corrected chi connectivity index (χ4v) is 1.71. The van der Waals surface area contributed by atoms with Crippen LogP contribution in [0.3, 0.4) is 0 Å². The fraction of sp³-hybridized carbons (Fsp3) is 0.267. The minimum absolute atomic E-state index is 0.427. The first kappa shape index (κ1) is 13.8. The van der Waals surface area contributed by atoms with Gasteiger partial charge in [0, 0.05) is 12.2 Å². The lowest BCUT2D eigenvalue weighted by Gasteiger charge is -2.08. The van der Waals surface area contributed by atoms with Crippen molar-refractivity contribution < 1.29 is 0 Å². The number of nitrogens with zero attached hydrogens (tertiary/aromatic N) is 3. The zero-order valence-corrected chi connectivity index (χ0v) is 11.4. The van der Waals surface area contributed by atoms with Gasteiger partial charge in [-0.25, -0.2) is 4.98 Å². The Kier molecular flexibility index (Phi) is 4.90. The second-order valence-corrected chi connectivity index (χ2v) is 4.37. The zero-order chi connectivity index (χ0) is 14.2. The van der Waals surface area contributed by atoms with Crippen molar-refractivity contribution in [2.45, 2.75) is 19.8 Å². The van der Waals surface area contributed by atoms with E-state index in [1.165, 1.54) is 0 Å². The van der Waals surface area contributed by atoms with Crippen LogP contribution >= 0.6 is 0 Å². The normalized spacial score (nSPS) is 9.80. The van der Waals surface area contributed by atoms with Crippen molar-refractivity contribution in [3.05, 3.63) is 42.2 Å². The average molecular weight is 267 g/mol. The van der Waals surface area contributed by atoms with Crippen LogP contribution in [0.2, 0.25) is 0 Å². The van der Waals surface area contributed by atoms with E-state index < -0.39 is 0 Å². The quantitative estimate of drug-likeness (QED) is 0.841. The van der Waals surface area contributed by atoms with Gasteiger partial charge in [-0.05, 0) is 24.1 Å². The van der Waals surface area contributed by atoms with Crippen molar-refractivity contribution in [2.75, 3.05) is 17.2 Å². The summed E-state index contributed by atoms with van der Waals surface area (Å²) < 4.78 is 0. The Balaban J connectivity index is 2.03. The first-order chi connectivity index (χ1) is 9.81. The fourth-order valence-electron chi connectivity index (χ4n) is 1.71. The van der Waals surface area contributed by atoms with Crippen LogP contribution in [0.15, 0.2) is 36.7 Å². The molecule has 102 valence electrons. The molecule has 0 aliphatic carbocycles. The predicted octanol–water partition coefficient (Wildman–Crippen LogP) is 3.11. The Morgan fingerprint density at radius 3 is 2.60 bits per heavy atom. The number of aromatic nitrogens is 2. The van der Waals surface area contributed by atoms with Crippen molar-refractivity contribution in [3.63, 3.8) is 0 Å². The summed E-state index contributed by atoms with van der Waals surface area (Å²) in [6.45, 7) is 2.98. The molecule has 0 bridgehead atoms. The first-order valence-corrected chi connectivity index (χ1v) is 6.60. The van der Waals surface area contributed by atoms with Gasteiger partial charge in [0.15, 0.2) is 5.82 Å². The molecule has 1 heterocycles. The van der Waals surface area contributed by atoms with Crippen LogP contribution in [0.4, 0.5) is 17.3 Å². The van der Waals surface area contributed by atoms with E-state index in [1.54, 1.807) is 12.4 Å². The number of nitrogens with one attached hydrogen (secondary N) is 2. The zero-order valence-electron chi connectivity index (χ0n) is 11.4. The van der Waals surface area contributed by atoms with Gasteiger partial charge in [0.2, 0.25) is 0 Å². The maximum Gasteiger partial charge on any atom is 0.151 e. The molecule has 1 aromatic heterocycles. The topological polar surface area (TPSA) is 73.6 Å². The van der Waals surface area contributed by atoms with E-state index in [0.717, 1.165) is 30.0 Å². The molecule has 2 N–H and O–H groups in total. The summed E-state index contributed by atoms with van der Waals surface area (Å²) in [7, 11) is 0. The Morgan fingerprint density at radius 2 is 1.90 bits per heavy atom. The lowest BCUT2D eigenvalue weighted by atomic mass is 10.1. The molecule has 5 nitrogen and oxygen atoms in total. The molecular formula is C15H17N5. The Labute approximate surface area is 118 Å². The highest BCUT2D eigenvalue weighted by atomic mass is 15.1. The lowest BCUT2D eigenvalue weighted by Crippen LogP contribution is -2.04. The number of benzene rings is 1. The molecule has 20 heavy (non-hydrogen) atoms. The van der Waals surface area contributed by atoms with E-state index in [4.69, 9.17) is 5.26 Å². The summed E-state index contributed by atoms with van der Waals surface area (Å²) in [6, 6.07) is 9.85. The Bertz CT molecular complexity index is 586. The standard InChI is InChI=1S/C15H17N5/c1-2-9-18-14-10-17-11-15(20-14)19-13-5-3-12(4-6-13)7-8-16/h3-6,10-11H,2,7,9H2,1H3,(H2,18,19,20). The van der Waals surface area contributed by atoms with Crippen LogP contribution < -0.4 is 10.6 Å². The molecule has 0 spiro atoms. The van der Waals surface area contributed by atoms with Crippen molar-refractivity contribution in [3.8, 4) is 6.07 Å². The van der Waals surface area contributed by atoms with Crippen LogP contribution in [0.25, 0.3) is 0 Å². The number of hydrogen-bond donors (Lipinski definition) is 2. The highest BCUT2D eigenvalue weighted by molar-refractivity contribution is 5.57. The maximum atomic E-state index is 8.63. The number of hydrogen-bond acceptors (Lipinski definition) is 5. The minimum Gasteiger partial charge on any atom is -0.369 e. The van der Waals surface area contributed by atoms with Crippen molar-refractivity contribution in [2.24, 2.45) is 0 Å². The Hall–Kier alpha value is -2.61. The highest BCUT2D eigenvalue weighted by Crippen LogP contribution is 2.16. The maximum absolute atomic E-state index is 8.63. The van der Waals surface area contributed by atoms with Gasteiger partial charge in [-0.1, -0.05) is 19.1 Å². The van der Waals surface area contributed by atoms with Gasteiger partial charge < -0.3 is 10.6 Å². The second-order valence-electron chi connectivity index (χ2n) is 4.37. The van der Waals surface area contributed by atoms with Crippen LogP contribution in [0, 0.1) is 11.3 Å². The Morgan fingerprint density at radius 1 is 1.15 bits per heavy atom. The third-order valence-corrected chi connectivity index (χ3v) is 2.70. The molecule has 0 saturated carbocycles. The molecule has 0 amide bonds. The molecule has 0 aliphatic rings. The average Bonchev–Trinajstić information content (AvgIpc) is 2.48. The van der Waals surface area contributed by atoms with E-state index in [9.17, 15) is 0 Å². The summed E-state index contributed by atoms with van der Waals surface area (Å²) in [6.07, 6.45) is 4.85. The van der Waals surface area contributed by atoms with E-state index in [2.05, 4.69) is 33.6 Å². The molecule has 0 radical (unpaired) electrons. The number of anilines is 3. The van der Waals surface area contributed by atoms with Crippen molar-refractivity contribution >= 4 is 17.3 Å². The number of rotatable bonds is 6.